The van der Waals surface area contributed by atoms with Crippen molar-refractivity contribution < 1.29 is 24.2 Å². The van der Waals surface area contributed by atoms with Gasteiger partial charge in [-0.2, -0.15) is 0 Å². The summed E-state index contributed by atoms with van der Waals surface area (Å²) in [5, 5.41) is 11.7. The van der Waals surface area contributed by atoms with E-state index in [1.807, 2.05) is 0 Å². The number of carbonyl (C=O) groups excluding carboxylic acids is 1. The van der Waals surface area contributed by atoms with Gasteiger partial charge in [-0.25, -0.2) is 9.59 Å². The largest absolute Gasteiger partial charge is 0.478 e. The number of rotatable bonds is 3. The second-order valence-corrected chi connectivity index (χ2v) is 6.11. The molecule has 2 saturated heterocycles. The molecule has 0 aliphatic carbocycles. The van der Waals surface area contributed by atoms with Crippen molar-refractivity contribution in [2.75, 3.05) is 26.3 Å². The van der Waals surface area contributed by atoms with E-state index in [-0.39, 0.29) is 11.6 Å². The molecule has 2 fully saturated rings. The van der Waals surface area contributed by atoms with Crippen molar-refractivity contribution in [1.82, 2.24) is 10.2 Å². The molecule has 2 heterocycles. The summed E-state index contributed by atoms with van der Waals surface area (Å²) in [4.78, 5) is 24.8. The van der Waals surface area contributed by atoms with Gasteiger partial charge in [0.25, 0.3) is 0 Å². The van der Waals surface area contributed by atoms with Crippen LogP contribution in [0.25, 0.3) is 0 Å². The van der Waals surface area contributed by atoms with E-state index < -0.39 is 11.8 Å². The topological polar surface area (TPSA) is 88.1 Å². The van der Waals surface area contributed by atoms with Gasteiger partial charge in [-0.05, 0) is 24.1 Å². The molecule has 0 atom stereocenters. The van der Waals surface area contributed by atoms with Gasteiger partial charge in [0.2, 0.25) is 0 Å². The molecule has 130 valence electrons. The number of nitrogens with one attached hydrogen (secondary N) is 1. The molecule has 0 radical (unpaired) electrons. The van der Waals surface area contributed by atoms with Crippen molar-refractivity contribution in [2.45, 2.75) is 31.6 Å². The van der Waals surface area contributed by atoms with Crippen LogP contribution in [-0.2, 0) is 16.0 Å². The van der Waals surface area contributed by atoms with Crippen LogP contribution in [0.4, 0.5) is 4.79 Å². The van der Waals surface area contributed by atoms with E-state index in [4.69, 9.17) is 14.6 Å². The zero-order valence-electron chi connectivity index (χ0n) is 13.5. The smallest absolute Gasteiger partial charge is 0.335 e. The average Bonchev–Trinajstić information content (AvgIpc) is 2.61. The Kier molecular flexibility index (Phi) is 5.01. The molecule has 0 saturated carbocycles. The lowest BCUT2D eigenvalue weighted by Crippen LogP contribution is -2.53. The molecular formula is C17H22N2O5. The third-order valence-electron chi connectivity index (χ3n) is 4.48. The number of carboxylic acids is 1. The molecule has 1 aromatic carbocycles. The van der Waals surface area contributed by atoms with Crippen molar-refractivity contribution >= 4 is 12.0 Å². The molecule has 7 heteroatoms. The molecule has 2 amide bonds. The monoisotopic (exact) mass is 334 g/mol. The van der Waals surface area contributed by atoms with Crippen molar-refractivity contribution in [3.63, 3.8) is 0 Å². The fourth-order valence-corrected chi connectivity index (χ4v) is 3.01. The molecule has 7 nitrogen and oxygen atoms in total. The molecule has 2 aliphatic rings. The minimum atomic E-state index is -0.958. The first-order valence-corrected chi connectivity index (χ1v) is 8.21. The van der Waals surface area contributed by atoms with E-state index >= 15 is 0 Å². The number of hydrogen-bond acceptors (Lipinski definition) is 4. The van der Waals surface area contributed by atoms with Gasteiger partial charge in [0.1, 0.15) is 0 Å². The summed E-state index contributed by atoms with van der Waals surface area (Å²) in [6, 6.07) is 6.36. The van der Waals surface area contributed by atoms with Crippen LogP contribution in [0.3, 0.4) is 0 Å². The highest BCUT2D eigenvalue weighted by molar-refractivity contribution is 5.87. The Labute approximate surface area is 140 Å². The van der Waals surface area contributed by atoms with Gasteiger partial charge in [0, 0.05) is 32.5 Å². The summed E-state index contributed by atoms with van der Waals surface area (Å²) >= 11 is 0. The van der Waals surface area contributed by atoms with Crippen molar-refractivity contribution in [2.24, 2.45) is 0 Å². The van der Waals surface area contributed by atoms with Gasteiger partial charge >= 0.3 is 12.0 Å². The van der Waals surface area contributed by atoms with Crippen LogP contribution < -0.4 is 5.32 Å². The molecule has 2 N–H and O–H groups in total. The van der Waals surface area contributed by atoms with Crippen molar-refractivity contribution in [3.05, 3.63) is 35.4 Å². The molecule has 0 unspecified atom stereocenters. The molecule has 1 spiro atoms. The van der Waals surface area contributed by atoms with Gasteiger partial charge in [-0.3, -0.25) is 0 Å². The quantitative estimate of drug-likeness (QED) is 0.880. The molecule has 0 aromatic heterocycles. The second-order valence-electron chi connectivity index (χ2n) is 6.11. The highest BCUT2D eigenvalue weighted by Gasteiger charge is 2.39. The number of carboxylic acid groups (broad SMARTS) is 1. The number of urea groups is 1. The van der Waals surface area contributed by atoms with Gasteiger partial charge in [-0.1, -0.05) is 12.1 Å². The third-order valence-corrected chi connectivity index (χ3v) is 4.48. The third kappa shape index (κ3) is 3.85. The number of ether oxygens (including phenoxy) is 2. The minimum absolute atomic E-state index is 0.122. The first-order chi connectivity index (χ1) is 11.6. The van der Waals surface area contributed by atoms with Crippen LogP contribution in [0.5, 0.6) is 0 Å². The number of carbonyl (C=O) groups is 2. The lowest BCUT2D eigenvalue weighted by atomic mass is 10.0. The van der Waals surface area contributed by atoms with E-state index in [1.165, 1.54) is 12.1 Å². The Morgan fingerprint density at radius 2 is 1.75 bits per heavy atom. The van der Waals surface area contributed by atoms with Crippen molar-refractivity contribution in [1.29, 1.82) is 0 Å². The zero-order valence-corrected chi connectivity index (χ0v) is 13.5. The second kappa shape index (κ2) is 7.19. The van der Waals surface area contributed by atoms with E-state index in [9.17, 15) is 9.59 Å². The zero-order chi connectivity index (χ0) is 17.0. The standard InChI is InChI=1S/C17H22N2O5/c20-15(21)14-4-2-13(3-5-14)12-18-16(22)19-8-6-17(7-9-19)23-10-1-11-24-17/h2-5H,1,6-12H2,(H,18,22)(H,20,21). The van der Waals surface area contributed by atoms with E-state index in [2.05, 4.69) is 5.32 Å². The summed E-state index contributed by atoms with van der Waals surface area (Å²) in [5.74, 6) is -1.46. The van der Waals surface area contributed by atoms with Gasteiger partial charge in [0.15, 0.2) is 5.79 Å². The van der Waals surface area contributed by atoms with E-state index in [1.54, 1.807) is 17.0 Å². The van der Waals surface area contributed by atoms with Crippen LogP contribution in [0.2, 0.25) is 0 Å². The van der Waals surface area contributed by atoms with Crippen LogP contribution >= 0.6 is 0 Å². The molecule has 1 aromatic rings. The Morgan fingerprint density at radius 3 is 2.33 bits per heavy atom. The number of likely N-dealkylation sites (tertiary alicyclic amines) is 1. The normalized spacial score (nSPS) is 19.9. The average molecular weight is 334 g/mol. The number of benzene rings is 1. The number of hydrogen-bond donors (Lipinski definition) is 2. The first kappa shape index (κ1) is 16.7. The fraction of sp³-hybridized carbons (Fsp3) is 0.529. The van der Waals surface area contributed by atoms with Crippen molar-refractivity contribution in [3.8, 4) is 0 Å². The summed E-state index contributed by atoms with van der Waals surface area (Å²) in [6.45, 7) is 3.01. The van der Waals surface area contributed by atoms with E-state index in [0.717, 1.165) is 25.2 Å². The summed E-state index contributed by atoms with van der Waals surface area (Å²) < 4.78 is 11.5. The summed E-state index contributed by atoms with van der Waals surface area (Å²) in [5.41, 5.74) is 1.10. The number of amides is 2. The Bertz CT molecular complexity index is 586. The van der Waals surface area contributed by atoms with Crippen LogP contribution in [0.1, 0.15) is 35.2 Å². The summed E-state index contributed by atoms with van der Waals surface area (Å²) in [6.07, 6.45) is 2.30. The fourth-order valence-electron chi connectivity index (χ4n) is 3.01. The van der Waals surface area contributed by atoms with Gasteiger partial charge < -0.3 is 24.8 Å². The maximum Gasteiger partial charge on any atom is 0.335 e. The Hall–Kier alpha value is -2.12. The van der Waals surface area contributed by atoms with Gasteiger partial charge in [-0.15, -0.1) is 0 Å². The Balaban J connectivity index is 1.46. The van der Waals surface area contributed by atoms with Crippen LogP contribution in [0.15, 0.2) is 24.3 Å². The maximum absolute atomic E-state index is 12.3. The minimum Gasteiger partial charge on any atom is -0.478 e. The molecule has 0 bridgehead atoms. The molecular weight excluding hydrogens is 312 g/mol. The first-order valence-electron chi connectivity index (χ1n) is 8.21. The molecule has 24 heavy (non-hydrogen) atoms. The number of piperidine rings is 1. The maximum atomic E-state index is 12.3. The SMILES string of the molecule is O=C(O)c1ccc(CNC(=O)N2CCC3(CC2)OCCCO3)cc1. The lowest BCUT2D eigenvalue weighted by Gasteiger charge is -2.43. The highest BCUT2D eigenvalue weighted by Crippen LogP contribution is 2.30. The summed E-state index contributed by atoms with van der Waals surface area (Å²) in [7, 11) is 0. The van der Waals surface area contributed by atoms with E-state index in [0.29, 0.717) is 32.5 Å². The predicted molar refractivity (Wildman–Crippen MR) is 85.7 cm³/mol. The van der Waals surface area contributed by atoms with Gasteiger partial charge in [0.05, 0.1) is 18.8 Å². The predicted octanol–water partition coefficient (Wildman–Crippen LogP) is 1.82. The highest BCUT2D eigenvalue weighted by atomic mass is 16.7. The Morgan fingerprint density at radius 1 is 1.12 bits per heavy atom. The van der Waals surface area contributed by atoms with Crippen LogP contribution in [0, 0.1) is 0 Å². The van der Waals surface area contributed by atoms with Crippen LogP contribution in [-0.4, -0.2) is 54.1 Å². The lowest BCUT2D eigenvalue weighted by molar-refractivity contribution is -0.281. The number of aromatic carboxylic acids is 1. The molecule has 3 rings (SSSR count). The number of nitrogens with zero attached hydrogens (tertiary/aromatic N) is 1. The molecule has 2 aliphatic heterocycles.